The number of ether oxygens (including phenoxy) is 2. The molecule has 23 heavy (non-hydrogen) atoms. The SMILES string of the molecule is CC(C)COc1cccc(CNc2ccc(OC(C)C)cc2)c1. The first-order chi connectivity index (χ1) is 11.0. The summed E-state index contributed by atoms with van der Waals surface area (Å²) < 4.78 is 11.4. The number of hydrogen-bond donors (Lipinski definition) is 1. The number of rotatable bonds is 8. The van der Waals surface area contributed by atoms with E-state index in [2.05, 4.69) is 31.3 Å². The summed E-state index contributed by atoms with van der Waals surface area (Å²) in [7, 11) is 0. The van der Waals surface area contributed by atoms with Crippen LogP contribution >= 0.6 is 0 Å². The van der Waals surface area contributed by atoms with Crippen LogP contribution in [0.25, 0.3) is 0 Å². The van der Waals surface area contributed by atoms with Crippen LogP contribution in [0.4, 0.5) is 5.69 Å². The molecule has 0 saturated heterocycles. The summed E-state index contributed by atoms with van der Waals surface area (Å²) in [6.07, 6.45) is 0.197. The topological polar surface area (TPSA) is 30.5 Å². The summed E-state index contributed by atoms with van der Waals surface area (Å²) in [5.41, 5.74) is 2.28. The zero-order valence-corrected chi connectivity index (χ0v) is 14.5. The van der Waals surface area contributed by atoms with E-state index in [4.69, 9.17) is 9.47 Å². The number of hydrogen-bond acceptors (Lipinski definition) is 3. The Balaban J connectivity index is 1.89. The normalized spacial score (nSPS) is 10.9. The second-order valence-electron chi connectivity index (χ2n) is 6.40. The molecule has 0 radical (unpaired) electrons. The average Bonchev–Trinajstić information content (AvgIpc) is 2.52. The van der Waals surface area contributed by atoms with Crippen molar-refractivity contribution in [2.24, 2.45) is 5.92 Å². The number of nitrogens with one attached hydrogen (secondary N) is 1. The van der Waals surface area contributed by atoms with Crippen LogP contribution in [0.2, 0.25) is 0 Å². The zero-order valence-electron chi connectivity index (χ0n) is 14.5. The highest BCUT2D eigenvalue weighted by Crippen LogP contribution is 2.19. The highest BCUT2D eigenvalue weighted by molar-refractivity contribution is 5.47. The van der Waals surface area contributed by atoms with Gasteiger partial charge in [0.15, 0.2) is 0 Å². The van der Waals surface area contributed by atoms with E-state index in [1.807, 2.05) is 50.2 Å². The maximum atomic E-state index is 5.77. The zero-order chi connectivity index (χ0) is 16.7. The molecular formula is C20H27NO2. The Morgan fingerprint density at radius 3 is 2.30 bits per heavy atom. The molecule has 3 nitrogen and oxygen atoms in total. The molecule has 0 atom stereocenters. The minimum absolute atomic E-state index is 0.197. The van der Waals surface area contributed by atoms with Gasteiger partial charge >= 0.3 is 0 Å². The first kappa shape index (κ1) is 17.2. The number of anilines is 1. The maximum absolute atomic E-state index is 5.77. The van der Waals surface area contributed by atoms with E-state index in [-0.39, 0.29) is 6.10 Å². The van der Waals surface area contributed by atoms with Gasteiger partial charge in [-0.1, -0.05) is 26.0 Å². The minimum Gasteiger partial charge on any atom is -0.493 e. The fraction of sp³-hybridized carbons (Fsp3) is 0.400. The predicted molar refractivity (Wildman–Crippen MR) is 96.3 cm³/mol. The molecule has 2 aromatic rings. The van der Waals surface area contributed by atoms with E-state index in [9.17, 15) is 0 Å². The Kier molecular flexibility index (Phi) is 6.33. The molecule has 0 aliphatic heterocycles. The van der Waals surface area contributed by atoms with E-state index in [0.717, 1.165) is 30.3 Å². The van der Waals surface area contributed by atoms with Crippen molar-refractivity contribution in [3.8, 4) is 11.5 Å². The minimum atomic E-state index is 0.197. The smallest absolute Gasteiger partial charge is 0.119 e. The van der Waals surface area contributed by atoms with Gasteiger partial charge in [-0.05, 0) is 61.7 Å². The van der Waals surface area contributed by atoms with Gasteiger partial charge in [0.25, 0.3) is 0 Å². The van der Waals surface area contributed by atoms with Crippen LogP contribution < -0.4 is 14.8 Å². The van der Waals surface area contributed by atoms with Crippen LogP contribution in [0.5, 0.6) is 11.5 Å². The molecule has 0 aliphatic carbocycles. The Morgan fingerprint density at radius 1 is 0.913 bits per heavy atom. The lowest BCUT2D eigenvalue weighted by Crippen LogP contribution is -2.06. The molecule has 0 spiro atoms. The lowest BCUT2D eigenvalue weighted by Gasteiger charge is -2.12. The monoisotopic (exact) mass is 313 g/mol. The first-order valence-corrected chi connectivity index (χ1v) is 8.25. The van der Waals surface area contributed by atoms with Crippen molar-refractivity contribution < 1.29 is 9.47 Å². The highest BCUT2D eigenvalue weighted by Gasteiger charge is 2.01. The molecule has 1 N–H and O–H groups in total. The van der Waals surface area contributed by atoms with Crippen molar-refractivity contribution >= 4 is 5.69 Å². The molecule has 0 saturated carbocycles. The summed E-state index contributed by atoms with van der Waals surface area (Å²) in [6.45, 7) is 9.87. The molecule has 0 unspecified atom stereocenters. The third kappa shape index (κ3) is 6.23. The van der Waals surface area contributed by atoms with Gasteiger partial charge in [-0.15, -0.1) is 0 Å². The Bertz CT molecular complexity index is 591. The van der Waals surface area contributed by atoms with Crippen LogP contribution in [0.1, 0.15) is 33.3 Å². The summed E-state index contributed by atoms with van der Waals surface area (Å²) in [6, 6.07) is 16.3. The lowest BCUT2D eigenvalue weighted by atomic mass is 10.2. The second-order valence-corrected chi connectivity index (χ2v) is 6.40. The lowest BCUT2D eigenvalue weighted by molar-refractivity contribution is 0.242. The fourth-order valence-corrected chi connectivity index (χ4v) is 2.14. The molecule has 0 aliphatic rings. The molecule has 0 aromatic heterocycles. The standard InChI is InChI=1S/C20H27NO2/c1-15(2)14-22-20-7-5-6-17(12-20)13-21-18-8-10-19(11-9-18)23-16(3)4/h5-12,15-16,21H,13-14H2,1-4H3. The van der Waals surface area contributed by atoms with Gasteiger partial charge in [0.05, 0.1) is 12.7 Å². The van der Waals surface area contributed by atoms with Gasteiger partial charge in [-0.2, -0.15) is 0 Å². The van der Waals surface area contributed by atoms with Crippen molar-refractivity contribution in [3.63, 3.8) is 0 Å². The van der Waals surface area contributed by atoms with E-state index in [1.165, 1.54) is 5.56 Å². The fourth-order valence-electron chi connectivity index (χ4n) is 2.14. The predicted octanol–water partition coefficient (Wildman–Crippen LogP) is 5.12. The molecule has 0 heterocycles. The highest BCUT2D eigenvalue weighted by atomic mass is 16.5. The third-order valence-corrected chi connectivity index (χ3v) is 3.20. The largest absolute Gasteiger partial charge is 0.493 e. The first-order valence-electron chi connectivity index (χ1n) is 8.25. The van der Waals surface area contributed by atoms with Crippen molar-refractivity contribution in [2.75, 3.05) is 11.9 Å². The molecule has 2 rings (SSSR count). The van der Waals surface area contributed by atoms with Crippen LogP contribution in [0, 0.1) is 5.92 Å². The van der Waals surface area contributed by atoms with E-state index < -0.39 is 0 Å². The average molecular weight is 313 g/mol. The van der Waals surface area contributed by atoms with Gasteiger partial charge in [0.2, 0.25) is 0 Å². The molecule has 3 heteroatoms. The van der Waals surface area contributed by atoms with Crippen molar-refractivity contribution in [1.82, 2.24) is 0 Å². The summed E-state index contributed by atoms with van der Waals surface area (Å²) in [4.78, 5) is 0. The van der Waals surface area contributed by atoms with Crippen LogP contribution in [-0.2, 0) is 6.54 Å². The Morgan fingerprint density at radius 2 is 1.65 bits per heavy atom. The van der Waals surface area contributed by atoms with E-state index >= 15 is 0 Å². The molecular weight excluding hydrogens is 286 g/mol. The molecule has 0 fully saturated rings. The van der Waals surface area contributed by atoms with Crippen LogP contribution in [0.15, 0.2) is 48.5 Å². The van der Waals surface area contributed by atoms with Gasteiger partial charge in [-0.25, -0.2) is 0 Å². The summed E-state index contributed by atoms with van der Waals surface area (Å²) in [5, 5.41) is 3.42. The second kappa shape index (κ2) is 8.47. The third-order valence-electron chi connectivity index (χ3n) is 3.20. The molecule has 2 aromatic carbocycles. The van der Waals surface area contributed by atoms with Gasteiger partial charge in [0, 0.05) is 12.2 Å². The number of benzene rings is 2. The molecule has 124 valence electrons. The van der Waals surface area contributed by atoms with Gasteiger partial charge < -0.3 is 14.8 Å². The van der Waals surface area contributed by atoms with Crippen molar-refractivity contribution in [2.45, 2.75) is 40.3 Å². The summed E-state index contributed by atoms with van der Waals surface area (Å²) >= 11 is 0. The molecule has 0 bridgehead atoms. The van der Waals surface area contributed by atoms with Crippen LogP contribution in [-0.4, -0.2) is 12.7 Å². The Labute approximate surface area is 139 Å². The van der Waals surface area contributed by atoms with Crippen molar-refractivity contribution in [3.05, 3.63) is 54.1 Å². The van der Waals surface area contributed by atoms with E-state index in [1.54, 1.807) is 0 Å². The van der Waals surface area contributed by atoms with Gasteiger partial charge in [0.1, 0.15) is 11.5 Å². The van der Waals surface area contributed by atoms with E-state index in [0.29, 0.717) is 5.92 Å². The molecule has 0 amide bonds. The van der Waals surface area contributed by atoms with Gasteiger partial charge in [-0.3, -0.25) is 0 Å². The quantitative estimate of drug-likeness (QED) is 0.733. The maximum Gasteiger partial charge on any atom is 0.119 e. The van der Waals surface area contributed by atoms with Crippen LogP contribution in [0.3, 0.4) is 0 Å². The Hall–Kier alpha value is -2.16. The van der Waals surface area contributed by atoms with Crippen molar-refractivity contribution in [1.29, 1.82) is 0 Å². The summed E-state index contributed by atoms with van der Waals surface area (Å²) in [5.74, 6) is 2.36.